The lowest BCUT2D eigenvalue weighted by Gasteiger charge is -2.07. The van der Waals surface area contributed by atoms with Crippen LogP contribution in [-0.2, 0) is 0 Å². The van der Waals surface area contributed by atoms with Gasteiger partial charge in [0.1, 0.15) is 5.82 Å². The summed E-state index contributed by atoms with van der Waals surface area (Å²) in [7, 11) is 1.73. The van der Waals surface area contributed by atoms with Crippen LogP contribution in [0.3, 0.4) is 0 Å². The third kappa shape index (κ3) is 1.94. The van der Waals surface area contributed by atoms with Gasteiger partial charge in [-0.3, -0.25) is 0 Å². The summed E-state index contributed by atoms with van der Waals surface area (Å²) >= 11 is 0. The molecule has 1 aromatic heterocycles. The van der Waals surface area contributed by atoms with Crippen molar-refractivity contribution in [2.24, 2.45) is 0 Å². The molecule has 0 aliphatic carbocycles. The van der Waals surface area contributed by atoms with Gasteiger partial charge in [-0.25, -0.2) is 4.98 Å². The normalized spacial score (nSPS) is 10.4. The molecule has 0 radical (unpaired) electrons. The number of nitrogens with one attached hydrogen (secondary N) is 1. The lowest BCUT2D eigenvalue weighted by atomic mass is 10.1. The fourth-order valence-electron chi connectivity index (χ4n) is 0.978. The monoisotopic (exact) mass is 168 g/mol. The number of nitrogens with zero attached hydrogens (tertiary/aromatic N) is 1. The van der Waals surface area contributed by atoms with Crippen molar-refractivity contribution in [2.45, 2.75) is 19.8 Å². The fraction of sp³-hybridized carbons (Fsp3) is 0.444. The van der Waals surface area contributed by atoms with Crippen LogP contribution in [0.4, 0.5) is 10.2 Å². The van der Waals surface area contributed by atoms with Crippen molar-refractivity contribution in [2.75, 3.05) is 12.4 Å². The third-order valence-corrected chi connectivity index (χ3v) is 1.74. The summed E-state index contributed by atoms with van der Waals surface area (Å²) in [6.45, 7) is 4.04. The van der Waals surface area contributed by atoms with E-state index in [9.17, 15) is 4.39 Å². The van der Waals surface area contributed by atoms with E-state index in [1.165, 1.54) is 6.07 Å². The predicted molar refractivity (Wildman–Crippen MR) is 47.8 cm³/mol. The molecule has 0 atom stereocenters. The number of rotatable bonds is 2. The molecular weight excluding hydrogens is 155 g/mol. The second kappa shape index (κ2) is 3.52. The maximum Gasteiger partial charge on any atom is 0.215 e. The van der Waals surface area contributed by atoms with Crippen LogP contribution in [0.25, 0.3) is 0 Å². The quantitative estimate of drug-likeness (QED) is 0.686. The summed E-state index contributed by atoms with van der Waals surface area (Å²) in [6, 6.07) is 3.32. The average Bonchev–Trinajstić information content (AvgIpc) is 2.03. The van der Waals surface area contributed by atoms with Crippen molar-refractivity contribution in [3.8, 4) is 0 Å². The zero-order valence-electron chi connectivity index (χ0n) is 7.56. The first kappa shape index (κ1) is 8.97. The summed E-state index contributed by atoms with van der Waals surface area (Å²) in [4.78, 5) is 3.66. The highest BCUT2D eigenvalue weighted by Crippen LogP contribution is 2.17. The molecule has 0 amide bonds. The van der Waals surface area contributed by atoms with Crippen LogP contribution in [0.15, 0.2) is 12.1 Å². The van der Waals surface area contributed by atoms with E-state index in [1.54, 1.807) is 7.05 Å². The molecule has 1 heterocycles. The number of halogens is 1. The van der Waals surface area contributed by atoms with Crippen molar-refractivity contribution >= 4 is 5.82 Å². The lowest BCUT2D eigenvalue weighted by Crippen LogP contribution is -1.98. The Labute approximate surface area is 71.8 Å². The van der Waals surface area contributed by atoms with Crippen LogP contribution in [0.1, 0.15) is 25.3 Å². The Balaban J connectivity index is 3.06. The van der Waals surface area contributed by atoms with Gasteiger partial charge in [0.05, 0.1) is 0 Å². The Kier molecular flexibility index (Phi) is 2.63. The Morgan fingerprint density at radius 2 is 2.08 bits per heavy atom. The number of pyridine rings is 1. The minimum Gasteiger partial charge on any atom is -0.373 e. The van der Waals surface area contributed by atoms with Crippen LogP contribution < -0.4 is 5.32 Å². The largest absolute Gasteiger partial charge is 0.373 e. The Bertz CT molecular complexity index is 271. The molecule has 0 aromatic carbocycles. The molecule has 0 unspecified atom stereocenters. The van der Waals surface area contributed by atoms with Gasteiger partial charge < -0.3 is 5.32 Å². The van der Waals surface area contributed by atoms with Gasteiger partial charge in [-0.1, -0.05) is 13.8 Å². The van der Waals surface area contributed by atoms with Crippen LogP contribution >= 0.6 is 0 Å². The first-order valence-electron chi connectivity index (χ1n) is 3.98. The second-order valence-electron chi connectivity index (χ2n) is 3.01. The number of anilines is 1. The molecule has 0 saturated heterocycles. The van der Waals surface area contributed by atoms with Crippen LogP contribution in [0, 0.1) is 5.95 Å². The standard InChI is InChI=1S/C9H13FN2/c1-6(2)7-4-8(10)12-9(5-7)11-3/h4-6H,1-3H3,(H,11,12). The molecule has 0 spiro atoms. The highest BCUT2D eigenvalue weighted by molar-refractivity contribution is 5.38. The minimum absolute atomic E-state index is 0.328. The van der Waals surface area contributed by atoms with Gasteiger partial charge in [-0.2, -0.15) is 4.39 Å². The Morgan fingerprint density at radius 3 is 2.58 bits per heavy atom. The first-order valence-corrected chi connectivity index (χ1v) is 3.98. The minimum atomic E-state index is -0.425. The Hall–Kier alpha value is -1.12. The van der Waals surface area contributed by atoms with Crippen molar-refractivity contribution < 1.29 is 4.39 Å². The molecule has 12 heavy (non-hydrogen) atoms. The maximum atomic E-state index is 12.8. The van der Waals surface area contributed by atoms with Gasteiger partial charge >= 0.3 is 0 Å². The molecule has 0 aliphatic heterocycles. The molecular formula is C9H13FN2. The molecule has 1 rings (SSSR count). The molecule has 0 bridgehead atoms. The number of hydrogen-bond donors (Lipinski definition) is 1. The molecule has 1 aromatic rings. The summed E-state index contributed by atoms with van der Waals surface area (Å²) < 4.78 is 12.8. The zero-order chi connectivity index (χ0) is 9.14. The van der Waals surface area contributed by atoms with Crippen molar-refractivity contribution in [1.82, 2.24) is 4.98 Å². The van der Waals surface area contributed by atoms with E-state index >= 15 is 0 Å². The van der Waals surface area contributed by atoms with E-state index in [4.69, 9.17) is 0 Å². The molecule has 1 N–H and O–H groups in total. The molecule has 66 valence electrons. The average molecular weight is 168 g/mol. The van der Waals surface area contributed by atoms with Gasteiger partial charge in [-0.05, 0) is 23.6 Å². The molecule has 0 aliphatic rings. The Morgan fingerprint density at radius 1 is 1.42 bits per heavy atom. The third-order valence-electron chi connectivity index (χ3n) is 1.74. The highest BCUT2D eigenvalue weighted by Gasteiger charge is 2.03. The lowest BCUT2D eigenvalue weighted by molar-refractivity contribution is 0.581. The molecule has 3 heteroatoms. The van der Waals surface area contributed by atoms with Gasteiger partial charge in [0.25, 0.3) is 0 Å². The summed E-state index contributed by atoms with van der Waals surface area (Å²) in [5, 5.41) is 2.81. The maximum absolute atomic E-state index is 12.8. The smallest absolute Gasteiger partial charge is 0.215 e. The fourth-order valence-corrected chi connectivity index (χ4v) is 0.978. The van der Waals surface area contributed by atoms with E-state index in [1.807, 2.05) is 19.9 Å². The van der Waals surface area contributed by atoms with E-state index in [-0.39, 0.29) is 0 Å². The van der Waals surface area contributed by atoms with Gasteiger partial charge in [0.2, 0.25) is 5.95 Å². The number of hydrogen-bond acceptors (Lipinski definition) is 2. The zero-order valence-corrected chi connectivity index (χ0v) is 7.56. The van der Waals surface area contributed by atoms with E-state index < -0.39 is 5.95 Å². The predicted octanol–water partition coefficient (Wildman–Crippen LogP) is 2.39. The SMILES string of the molecule is CNc1cc(C(C)C)cc(F)n1. The highest BCUT2D eigenvalue weighted by atomic mass is 19.1. The summed E-state index contributed by atoms with van der Waals surface area (Å²) in [5.74, 6) is 0.485. The summed E-state index contributed by atoms with van der Waals surface area (Å²) in [6.07, 6.45) is 0. The van der Waals surface area contributed by atoms with Crippen LogP contribution in [-0.4, -0.2) is 12.0 Å². The number of aromatic nitrogens is 1. The summed E-state index contributed by atoms with van der Waals surface area (Å²) in [5.41, 5.74) is 0.965. The second-order valence-corrected chi connectivity index (χ2v) is 3.01. The van der Waals surface area contributed by atoms with Crippen LogP contribution in [0.2, 0.25) is 0 Å². The van der Waals surface area contributed by atoms with E-state index in [0.717, 1.165) is 5.56 Å². The van der Waals surface area contributed by atoms with E-state index in [0.29, 0.717) is 11.7 Å². The first-order chi connectivity index (χ1) is 5.63. The van der Waals surface area contributed by atoms with Crippen molar-refractivity contribution in [3.05, 3.63) is 23.6 Å². The molecule has 0 saturated carbocycles. The van der Waals surface area contributed by atoms with Crippen LogP contribution in [0.5, 0.6) is 0 Å². The van der Waals surface area contributed by atoms with Crippen molar-refractivity contribution in [1.29, 1.82) is 0 Å². The van der Waals surface area contributed by atoms with Gasteiger partial charge in [0.15, 0.2) is 0 Å². The van der Waals surface area contributed by atoms with Crippen molar-refractivity contribution in [3.63, 3.8) is 0 Å². The van der Waals surface area contributed by atoms with Gasteiger partial charge in [0, 0.05) is 7.05 Å². The van der Waals surface area contributed by atoms with Gasteiger partial charge in [-0.15, -0.1) is 0 Å². The molecule has 0 fully saturated rings. The molecule has 2 nitrogen and oxygen atoms in total. The topological polar surface area (TPSA) is 24.9 Å². The van der Waals surface area contributed by atoms with E-state index in [2.05, 4.69) is 10.3 Å².